The minimum atomic E-state index is -0.123. The smallest absolute Gasteiger partial charge is 0.243 e. The van der Waals surface area contributed by atoms with Crippen molar-refractivity contribution in [3.63, 3.8) is 0 Å². The molecule has 5 nitrogen and oxygen atoms in total. The lowest BCUT2D eigenvalue weighted by Gasteiger charge is -2.11. The van der Waals surface area contributed by atoms with E-state index in [0.717, 1.165) is 21.6 Å². The molecule has 0 saturated carbocycles. The van der Waals surface area contributed by atoms with Gasteiger partial charge < -0.3 is 20.1 Å². The molecule has 0 aliphatic rings. The molecule has 122 valence electrons. The maximum absolute atomic E-state index is 12.0. The molecule has 0 aromatic heterocycles. The summed E-state index contributed by atoms with van der Waals surface area (Å²) in [7, 11) is 1.63. The normalized spacial score (nSPS) is 10.2. The van der Waals surface area contributed by atoms with Crippen molar-refractivity contribution in [2.24, 2.45) is 0 Å². The Balaban J connectivity index is 1.84. The maximum Gasteiger partial charge on any atom is 0.243 e. The lowest BCUT2D eigenvalue weighted by Crippen LogP contribution is -2.21. The van der Waals surface area contributed by atoms with Crippen molar-refractivity contribution in [2.45, 2.75) is 0 Å². The summed E-state index contributed by atoms with van der Waals surface area (Å²) in [6.45, 7) is 1.19. The van der Waals surface area contributed by atoms with E-state index in [4.69, 9.17) is 9.47 Å². The van der Waals surface area contributed by atoms with E-state index in [1.807, 2.05) is 48.5 Å². The fourth-order valence-corrected chi connectivity index (χ4v) is 2.26. The van der Waals surface area contributed by atoms with E-state index < -0.39 is 0 Å². The summed E-state index contributed by atoms with van der Waals surface area (Å²) in [4.78, 5) is 12.0. The van der Waals surface area contributed by atoms with Crippen LogP contribution >= 0.6 is 15.9 Å². The van der Waals surface area contributed by atoms with Gasteiger partial charge in [0, 0.05) is 23.3 Å². The number of amides is 1. The number of anilines is 2. The van der Waals surface area contributed by atoms with Crippen LogP contribution in [0.25, 0.3) is 0 Å². The van der Waals surface area contributed by atoms with Crippen LogP contribution in [0.1, 0.15) is 0 Å². The van der Waals surface area contributed by atoms with Gasteiger partial charge in [0.2, 0.25) is 5.91 Å². The van der Waals surface area contributed by atoms with Gasteiger partial charge >= 0.3 is 0 Å². The summed E-state index contributed by atoms with van der Waals surface area (Å²) in [5.41, 5.74) is 1.57. The third-order valence-electron chi connectivity index (χ3n) is 2.99. The van der Waals surface area contributed by atoms with E-state index in [2.05, 4.69) is 26.6 Å². The Morgan fingerprint density at radius 1 is 1.13 bits per heavy atom. The Hall–Kier alpha value is -2.05. The molecule has 0 heterocycles. The zero-order valence-electron chi connectivity index (χ0n) is 12.8. The zero-order valence-corrected chi connectivity index (χ0v) is 14.4. The second-order valence-electron chi connectivity index (χ2n) is 4.75. The van der Waals surface area contributed by atoms with Crippen LogP contribution < -0.4 is 15.4 Å². The third-order valence-corrected chi connectivity index (χ3v) is 3.68. The van der Waals surface area contributed by atoms with Crippen LogP contribution in [-0.4, -0.2) is 32.8 Å². The second-order valence-corrected chi connectivity index (χ2v) is 5.61. The Morgan fingerprint density at radius 2 is 1.96 bits per heavy atom. The Kier molecular flexibility index (Phi) is 6.90. The van der Waals surface area contributed by atoms with Gasteiger partial charge in [-0.1, -0.05) is 18.2 Å². The van der Waals surface area contributed by atoms with Crippen molar-refractivity contribution in [2.75, 3.05) is 37.5 Å². The fraction of sp³-hybridized carbons (Fsp3) is 0.235. The molecule has 1 amide bonds. The number of hydrogen-bond acceptors (Lipinski definition) is 4. The number of halogens is 1. The monoisotopic (exact) mass is 378 g/mol. The van der Waals surface area contributed by atoms with Crippen LogP contribution in [0, 0.1) is 0 Å². The highest BCUT2D eigenvalue weighted by atomic mass is 79.9. The molecule has 0 saturated heterocycles. The molecular formula is C17H19BrN2O3. The average Bonchev–Trinajstić information content (AvgIpc) is 2.56. The Bertz CT molecular complexity index is 649. The van der Waals surface area contributed by atoms with E-state index in [1.165, 1.54) is 0 Å². The number of nitrogens with one attached hydrogen (secondary N) is 2. The summed E-state index contributed by atoms with van der Waals surface area (Å²) in [5.74, 6) is 0.612. The van der Waals surface area contributed by atoms with Gasteiger partial charge in [0.15, 0.2) is 0 Å². The van der Waals surface area contributed by atoms with Crippen molar-refractivity contribution < 1.29 is 14.3 Å². The van der Waals surface area contributed by atoms with Crippen molar-refractivity contribution in [1.29, 1.82) is 0 Å². The molecule has 2 aromatic rings. The molecule has 2 N–H and O–H groups in total. The standard InChI is InChI=1S/C17H19BrN2O3/c1-22-9-10-23-14-6-4-5-13(11-14)19-12-17(21)20-16-8-3-2-7-15(16)18/h2-8,11,19H,9-10,12H2,1H3,(H,20,21). The van der Waals surface area contributed by atoms with Crippen LogP contribution in [0.4, 0.5) is 11.4 Å². The fourth-order valence-electron chi connectivity index (χ4n) is 1.88. The van der Waals surface area contributed by atoms with Crippen LogP contribution in [0.3, 0.4) is 0 Å². The molecular weight excluding hydrogens is 360 g/mol. The van der Waals surface area contributed by atoms with Gasteiger partial charge in [-0.2, -0.15) is 0 Å². The Labute approximate surface area is 144 Å². The second kappa shape index (κ2) is 9.17. The molecule has 0 aliphatic heterocycles. The van der Waals surface area contributed by atoms with E-state index in [9.17, 15) is 4.79 Å². The van der Waals surface area contributed by atoms with Gasteiger partial charge in [-0.3, -0.25) is 4.79 Å². The number of rotatable bonds is 8. The van der Waals surface area contributed by atoms with Gasteiger partial charge in [0.1, 0.15) is 12.4 Å². The van der Waals surface area contributed by atoms with Gasteiger partial charge in [-0.05, 0) is 40.2 Å². The van der Waals surface area contributed by atoms with E-state index >= 15 is 0 Å². The van der Waals surface area contributed by atoms with Crippen LogP contribution in [-0.2, 0) is 9.53 Å². The van der Waals surface area contributed by atoms with Gasteiger partial charge in [0.05, 0.1) is 18.8 Å². The average molecular weight is 379 g/mol. The summed E-state index contributed by atoms with van der Waals surface area (Å²) in [6, 6.07) is 15.0. The number of benzene rings is 2. The number of carbonyl (C=O) groups excluding carboxylic acids is 1. The first-order valence-electron chi connectivity index (χ1n) is 7.19. The number of hydrogen-bond donors (Lipinski definition) is 2. The minimum absolute atomic E-state index is 0.123. The third kappa shape index (κ3) is 5.92. The van der Waals surface area contributed by atoms with E-state index in [0.29, 0.717) is 13.2 Å². The molecule has 0 radical (unpaired) electrons. The molecule has 6 heteroatoms. The predicted molar refractivity (Wildman–Crippen MR) is 95.1 cm³/mol. The SMILES string of the molecule is COCCOc1cccc(NCC(=O)Nc2ccccc2Br)c1. The van der Waals surface area contributed by atoms with Crippen LogP contribution in [0.2, 0.25) is 0 Å². The first-order chi connectivity index (χ1) is 11.2. The predicted octanol–water partition coefficient (Wildman–Crippen LogP) is 3.52. The van der Waals surface area contributed by atoms with Gasteiger partial charge in [-0.15, -0.1) is 0 Å². The highest BCUT2D eigenvalue weighted by Crippen LogP contribution is 2.21. The van der Waals surface area contributed by atoms with Crippen LogP contribution in [0.5, 0.6) is 5.75 Å². The molecule has 0 atom stereocenters. The van der Waals surface area contributed by atoms with Crippen molar-refractivity contribution in [3.05, 3.63) is 53.0 Å². The molecule has 0 unspecified atom stereocenters. The summed E-state index contributed by atoms with van der Waals surface area (Å²) in [6.07, 6.45) is 0. The Morgan fingerprint density at radius 3 is 2.74 bits per heavy atom. The molecule has 2 rings (SSSR count). The molecule has 0 fully saturated rings. The molecule has 0 spiro atoms. The van der Waals surface area contributed by atoms with Crippen molar-refractivity contribution >= 4 is 33.2 Å². The number of carbonyl (C=O) groups is 1. The zero-order chi connectivity index (χ0) is 16.5. The molecule has 2 aromatic carbocycles. The summed E-state index contributed by atoms with van der Waals surface area (Å²) < 4.78 is 11.3. The highest BCUT2D eigenvalue weighted by Gasteiger charge is 2.05. The first-order valence-corrected chi connectivity index (χ1v) is 7.98. The van der Waals surface area contributed by atoms with Crippen molar-refractivity contribution in [1.82, 2.24) is 0 Å². The summed E-state index contributed by atoms with van der Waals surface area (Å²) >= 11 is 3.40. The molecule has 23 heavy (non-hydrogen) atoms. The minimum Gasteiger partial charge on any atom is -0.491 e. The first kappa shape index (κ1) is 17.3. The molecule has 0 aliphatic carbocycles. The largest absolute Gasteiger partial charge is 0.491 e. The summed E-state index contributed by atoms with van der Waals surface area (Å²) in [5, 5.41) is 5.92. The topological polar surface area (TPSA) is 59.6 Å². The maximum atomic E-state index is 12.0. The van der Waals surface area contributed by atoms with Crippen molar-refractivity contribution in [3.8, 4) is 5.75 Å². The van der Waals surface area contributed by atoms with Gasteiger partial charge in [-0.25, -0.2) is 0 Å². The van der Waals surface area contributed by atoms with E-state index in [1.54, 1.807) is 7.11 Å². The number of methoxy groups -OCH3 is 1. The lowest BCUT2D eigenvalue weighted by atomic mass is 10.3. The van der Waals surface area contributed by atoms with E-state index in [-0.39, 0.29) is 12.5 Å². The highest BCUT2D eigenvalue weighted by molar-refractivity contribution is 9.10. The van der Waals surface area contributed by atoms with Gasteiger partial charge in [0.25, 0.3) is 0 Å². The van der Waals surface area contributed by atoms with Crippen LogP contribution in [0.15, 0.2) is 53.0 Å². The quantitative estimate of drug-likeness (QED) is 0.689. The number of para-hydroxylation sites is 1. The molecule has 0 bridgehead atoms. The number of ether oxygens (including phenoxy) is 2. The lowest BCUT2D eigenvalue weighted by molar-refractivity contribution is -0.114.